The van der Waals surface area contributed by atoms with Gasteiger partial charge in [-0.05, 0) is 24.3 Å². The summed E-state index contributed by atoms with van der Waals surface area (Å²) in [7, 11) is 0. The average Bonchev–Trinajstić information content (AvgIpc) is 2.51. The van der Waals surface area contributed by atoms with Crippen molar-refractivity contribution >= 4 is 17.3 Å². The summed E-state index contributed by atoms with van der Waals surface area (Å²) in [6, 6.07) is 17.3. The number of carbonyl (C=O) groups is 1. The highest BCUT2D eigenvalue weighted by atomic mass is 16.3. The van der Waals surface area contributed by atoms with Crippen LogP contribution in [0.2, 0.25) is 0 Å². The molecule has 0 heterocycles. The van der Waals surface area contributed by atoms with Crippen molar-refractivity contribution in [2.75, 3.05) is 10.6 Å². The zero-order valence-electron chi connectivity index (χ0n) is 11.1. The number of nitriles is 1. The van der Waals surface area contributed by atoms with Crippen molar-refractivity contribution in [3.63, 3.8) is 0 Å². The molecule has 5 heteroatoms. The van der Waals surface area contributed by atoms with E-state index in [4.69, 9.17) is 5.26 Å². The molecule has 3 N–H and O–H groups in total. The number of hydrogen-bond acceptors (Lipinski definition) is 4. The Morgan fingerprint density at radius 2 is 1.76 bits per heavy atom. The minimum Gasteiger partial charge on any atom is -0.506 e. The molecule has 104 valence electrons. The van der Waals surface area contributed by atoms with Crippen LogP contribution in [-0.4, -0.2) is 11.0 Å². The van der Waals surface area contributed by atoms with Crippen molar-refractivity contribution in [2.24, 2.45) is 0 Å². The first-order valence-electron chi connectivity index (χ1n) is 6.22. The molecule has 0 bridgehead atoms. The van der Waals surface area contributed by atoms with E-state index in [1.807, 2.05) is 36.4 Å². The highest BCUT2D eigenvalue weighted by Crippen LogP contribution is 2.21. The summed E-state index contributed by atoms with van der Waals surface area (Å²) in [5.41, 5.74) is 0.922. The number of rotatable bonds is 4. The third-order valence-corrected chi connectivity index (χ3v) is 2.67. The van der Waals surface area contributed by atoms with Crippen LogP contribution >= 0.6 is 0 Å². The number of nitrogens with one attached hydrogen (secondary N) is 2. The quantitative estimate of drug-likeness (QED) is 0.456. The van der Waals surface area contributed by atoms with Gasteiger partial charge in [-0.15, -0.1) is 0 Å². The molecule has 0 fully saturated rings. The smallest absolute Gasteiger partial charge is 0.267 e. The fourth-order valence-electron chi connectivity index (χ4n) is 1.61. The van der Waals surface area contributed by atoms with Gasteiger partial charge in [-0.2, -0.15) is 5.26 Å². The van der Waals surface area contributed by atoms with Gasteiger partial charge in [0.15, 0.2) is 0 Å². The standard InChI is InChI=1S/C16H13N3O2/c17-10-12(11-18-13-6-2-1-3-7-13)16(21)19-14-8-4-5-9-15(14)20/h1-9,11,18,20H,(H,19,21)/b12-11-. The highest BCUT2D eigenvalue weighted by molar-refractivity contribution is 6.07. The molecule has 0 aromatic heterocycles. The van der Waals surface area contributed by atoms with Gasteiger partial charge in [0.2, 0.25) is 0 Å². The predicted molar refractivity (Wildman–Crippen MR) is 80.5 cm³/mol. The molecular formula is C16H13N3O2. The summed E-state index contributed by atoms with van der Waals surface area (Å²) in [6.07, 6.45) is 1.32. The molecule has 0 aliphatic carbocycles. The third kappa shape index (κ3) is 3.85. The number of aromatic hydroxyl groups is 1. The molecule has 0 saturated heterocycles. The number of phenolic OH excluding ortho intramolecular Hbond substituents is 1. The maximum absolute atomic E-state index is 12.0. The van der Waals surface area contributed by atoms with E-state index in [2.05, 4.69) is 10.6 Å². The largest absolute Gasteiger partial charge is 0.506 e. The molecule has 0 aliphatic rings. The number of para-hydroxylation sites is 3. The van der Waals surface area contributed by atoms with Crippen molar-refractivity contribution in [3.8, 4) is 11.8 Å². The van der Waals surface area contributed by atoms with Crippen LogP contribution in [0.4, 0.5) is 11.4 Å². The second kappa shape index (κ2) is 6.78. The zero-order valence-corrected chi connectivity index (χ0v) is 11.1. The summed E-state index contributed by atoms with van der Waals surface area (Å²) in [4.78, 5) is 12.0. The minimum atomic E-state index is -0.595. The fraction of sp³-hybridized carbons (Fsp3) is 0. The summed E-state index contributed by atoms with van der Waals surface area (Å²) >= 11 is 0. The van der Waals surface area contributed by atoms with Crippen LogP contribution in [0.15, 0.2) is 66.4 Å². The Labute approximate surface area is 122 Å². The van der Waals surface area contributed by atoms with Gasteiger partial charge < -0.3 is 15.7 Å². The molecule has 0 saturated carbocycles. The zero-order chi connectivity index (χ0) is 15.1. The maximum Gasteiger partial charge on any atom is 0.267 e. The summed E-state index contributed by atoms with van der Waals surface area (Å²) in [5.74, 6) is -0.651. The minimum absolute atomic E-state index is 0.0563. The van der Waals surface area contributed by atoms with Crippen molar-refractivity contribution in [3.05, 3.63) is 66.4 Å². The van der Waals surface area contributed by atoms with Gasteiger partial charge in [0.25, 0.3) is 5.91 Å². The van der Waals surface area contributed by atoms with Gasteiger partial charge in [-0.25, -0.2) is 0 Å². The normalized spacial score (nSPS) is 10.5. The summed E-state index contributed by atoms with van der Waals surface area (Å²) in [5, 5.41) is 24.0. The Kier molecular flexibility index (Phi) is 4.57. The average molecular weight is 279 g/mol. The maximum atomic E-state index is 12.0. The second-order valence-electron chi connectivity index (χ2n) is 4.15. The van der Waals surface area contributed by atoms with Crippen molar-refractivity contribution in [1.82, 2.24) is 0 Å². The number of nitrogens with zero attached hydrogens (tertiary/aromatic N) is 1. The van der Waals surface area contributed by atoms with E-state index in [-0.39, 0.29) is 17.0 Å². The van der Waals surface area contributed by atoms with Crippen LogP contribution < -0.4 is 10.6 Å². The van der Waals surface area contributed by atoms with Gasteiger partial charge in [0.1, 0.15) is 17.4 Å². The van der Waals surface area contributed by atoms with Crippen LogP contribution in [0.25, 0.3) is 0 Å². The Hall–Kier alpha value is -3.26. The molecule has 0 spiro atoms. The van der Waals surface area contributed by atoms with Crippen LogP contribution in [0.1, 0.15) is 0 Å². The number of anilines is 2. The lowest BCUT2D eigenvalue weighted by Crippen LogP contribution is -2.14. The van der Waals surface area contributed by atoms with E-state index < -0.39 is 5.91 Å². The van der Waals surface area contributed by atoms with Crippen LogP contribution in [0.3, 0.4) is 0 Å². The molecule has 2 rings (SSSR count). The first-order valence-corrected chi connectivity index (χ1v) is 6.22. The lowest BCUT2D eigenvalue weighted by molar-refractivity contribution is -0.112. The van der Waals surface area contributed by atoms with E-state index in [1.54, 1.807) is 18.2 Å². The summed E-state index contributed by atoms with van der Waals surface area (Å²) < 4.78 is 0. The number of phenols is 1. The molecule has 0 radical (unpaired) electrons. The Bertz CT molecular complexity index is 703. The van der Waals surface area contributed by atoms with E-state index in [1.165, 1.54) is 12.3 Å². The second-order valence-corrected chi connectivity index (χ2v) is 4.15. The monoisotopic (exact) mass is 279 g/mol. The van der Waals surface area contributed by atoms with Crippen LogP contribution in [0.5, 0.6) is 5.75 Å². The lowest BCUT2D eigenvalue weighted by atomic mass is 10.2. The Morgan fingerprint density at radius 3 is 2.43 bits per heavy atom. The first-order chi connectivity index (χ1) is 10.2. The van der Waals surface area contributed by atoms with Crippen molar-refractivity contribution in [2.45, 2.75) is 0 Å². The van der Waals surface area contributed by atoms with Gasteiger partial charge in [-0.3, -0.25) is 4.79 Å². The highest BCUT2D eigenvalue weighted by Gasteiger charge is 2.11. The molecule has 5 nitrogen and oxygen atoms in total. The SMILES string of the molecule is N#C/C(=C/Nc1ccccc1)C(=O)Nc1ccccc1O. The molecular weight excluding hydrogens is 266 g/mol. The predicted octanol–water partition coefficient (Wildman–Crippen LogP) is 2.85. The van der Waals surface area contributed by atoms with Gasteiger partial charge in [-0.1, -0.05) is 30.3 Å². The molecule has 1 amide bonds. The topological polar surface area (TPSA) is 85.2 Å². The van der Waals surface area contributed by atoms with E-state index in [0.29, 0.717) is 0 Å². The molecule has 0 aliphatic heterocycles. The number of carbonyl (C=O) groups excluding carboxylic acids is 1. The van der Waals surface area contributed by atoms with Crippen LogP contribution in [-0.2, 0) is 4.79 Å². The van der Waals surface area contributed by atoms with Gasteiger partial charge >= 0.3 is 0 Å². The molecule has 0 atom stereocenters. The molecule has 2 aromatic rings. The lowest BCUT2D eigenvalue weighted by Gasteiger charge is -2.06. The number of amides is 1. The Balaban J connectivity index is 2.09. The number of hydrogen-bond donors (Lipinski definition) is 3. The van der Waals surface area contributed by atoms with Crippen molar-refractivity contribution < 1.29 is 9.90 Å². The molecule has 2 aromatic carbocycles. The molecule has 21 heavy (non-hydrogen) atoms. The van der Waals surface area contributed by atoms with Gasteiger partial charge in [0.05, 0.1) is 5.69 Å². The van der Waals surface area contributed by atoms with Crippen molar-refractivity contribution in [1.29, 1.82) is 5.26 Å². The van der Waals surface area contributed by atoms with E-state index in [0.717, 1.165) is 5.69 Å². The third-order valence-electron chi connectivity index (χ3n) is 2.67. The van der Waals surface area contributed by atoms with Gasteiger partial charge in [0, 0.05) is 11.9 Å². The summed E-state index contributed by atoms with van der Waals surface area (Å²) in [6.45, 7) is 0. The fourth-order valence-corrected chi connectivity index (χ4v) is 1.61. The van der Waals surface area contributed by atoms with E-state index >= 15 is 0 Å². The Morgan fingerprint density at radius 1 is 1.10 bits per heavy atom. The van der Waals surface area contributed by atoms with E-state index in [9.17, 15) is 9.90 Å². The molecule has 0 unspecified atom stereocenters. The van der Waals surface area contributed by atoms with Crippen LogP contribution in [0, 0.1) is 11.3 Å². The first kappa shape index (κ1) is 14.2. The number of benzene rings is 2.